The smallest absolute Gasteiger partial charge is 0.309 e. The molecule has 7 heteroatoms. The zero-order valence-electron chi connectivity index (χ0n) is 11.7. The molecule has 1 fully saturated rings. The Morgan fingerprint density at radius 3 is 2.65 bits per heavy atom. The SMILES string of the molecule is Cc1csc(NC(=O)CN2CCC(C)(C(=O)O)CC2)n1. The number of hydrogen-bond donors (Lipinski definition) is 2. The van der Waals surface area contributed by atoms with Crippen LogP contribution in [0.2, 0.25) is 0 Å². The number of aromatic nitrogens is 1. The van der Waals surface area contributed by atoms with Gasteiger partial charge in [-0.25, -0.2) is 4.98 Å². The average Bonchev–Trinajstić information content (AvgIpc) is 2.77. The van der Waals surface area contributed by atoms with Gasteiger partial charge in [-0.3, -0.25) is 14.5 Å². The number of rotatable bonds is 4. The first kappa shape index (κ1) is 14.9. The van der Waals surface area contributed by atoms with Crippen LogP contribution in [0, 0.1) is 12.3 Å². The lowest BCUT2D eigenvalue weighted by atomic mass is 9.80. The lowest BCUT2D eigenvalue weighted by Crippen LogP contribution is -2.45. The molecule has 1 saturated heterocycles. The van der Waals surface area contributed by atoms with Crippen LogP contribution in [0.15, 0.2) is 5.38 Å². The molecule has 0 aromatic carbocycles. The first-order valence-corrected chi connectivity index (χ1v) is 7.45. The van der Waals surface area contributed by atoms with Gasteiger partial charge in [0.05, 0.1) is 17.7 Å². The quantitative estimate of drug-likeness (QED) is 0.881. The Balaban J connectivity index is 1.80. The van der Waals surface area contributed by atoms with Gasteiger partial charge < -0.3 is 10.4 Å². The van der Waals surface area contributed by atoms with Crippen LogP contribution in [-0.4, -0.2) is 46.5 Å². The van der Waals surface area contributed by atoms with Crippen LogP contribution in [0.1, 0.15) is 25.5 Å². The molecule has 2 heterocycles. The summed E-state index contributed by atoms with van der Waals surface area (Å²) in [4.78, 5) is 29.2. The number of aryl methyl sites for hydroxylation is 1. The standard InChI is InChI=1S/C13H19N3O3S/c1-9-8-20-12(14-9)15-10(17)7-16-5-3-13(2,4-6-16)11(18)19/h8H,3-7H2,1-2H3,(H,18,19)(H,14,15,17). The normalized spacial score (nSPS) is 18.7. The third-order valence-corrected chi connectivity index (χ3v) is 4.58. The lowest BCUT2D eigenvalue weighted by Gasteiger charge is -2.35. The van der Waals surface area contributed by atoms with Gasteiger partial charge in [0, 0.05) is 5.38 Å². The van der Waals surface area contributed by atoms with E-state index in [9.17, 15) is 9.59 Å². The number of carboxylic acids is 1. The van der Waals surface area contributed by atoms with Gasteiger partial charge in [0.1, 0.15) is 0 Å². The Kier molecular flexibility index (Phi) is 4.39. The summed E-state index contributed by atoms with van der Waals surface area (Å²) in [5.74, 6) is -0.849. The van der Waals surface area contributed by atoms with E-state index in [2.05, 4.69) is 10.3 Å². The predicted octanol–water partition coefficient (Wildman–Crippen LogP) is 1.58. The van der Waals surface area contributed by atoms with Crippen LogP contribution in [0.5, 0.6) is 0 Å². The summed E-state index contributed by atoms with van der Waals surface area (Å²) in [6.07, 6.45) is 1.15. The Morgan fingerprint density at radius 2 is 2.15 bits per heavy atom. The maximum atomic E-state index is 11.9. The number of carboxylic acid groups (broad SMARTS) is 1. The second-order valence-electron chi connectivity index (χ2n) is 5.48. The summed E-state index contributed by atoms with van der Waals surface area (Å²) < 4.78 is 0. The van der Waals surface area contributed by atoms with Gasteiger partial charge >= 0.3 is 5.97 Å². The van der Waals surface area contributed by atoms with Crippen molar-refractivity contribution >= 4 is 28.3 Å². The second kappa shape index (κ2) is 5.88. The van der Waals surface area contributed by atoms with Gasteiger partial charge in [-0.15, -0.1) is 11.3 Å². The highest BCUT2D eigenvalue weighted by molar-refractivity contribution is 7.13. The number of piperidine rings is 1. The largest absolute Gasteiger partial charge is 0.481 e. The van der Waals surface area contributed by atoms with Crippen LogP contribution in [0.4, 0.5) is 5.13 Å². The van der Waals surface area contributed by atoms with Gasteiger partial charge in [0.2, 0.25) is 5.91 Å². The molecule has 0 saturated carbocycles. The van der Waals surface area contributed by atoms with Crippen molar-refractivity contribution in [3.8, 4) is 0 Å². The van der Waals surface area contributed by atoms with E-state index in [1.165, 1.54) is 11.3 Å². The summed E-state index contributed by atoms with van der Waals surface area (Å²) in [7, 11) is 0. The molecular formula is C13H19N3O3S. The Hall–Kier alpha value is -1.47. The number of anilines is 1. The highest BCUT2D eigenvalue weighted by atomic mass is 32.1. The van der Waals surface area contributed by atoms with Crippen LogP contribution in [-0.2, 0) is 9.59 Å². The van der Waals surface area contributed by atoms with Crippen molar-refractivity contribution in [3.63, 3.8) is 0 Å². The van der Waals surface area contributed by atoms with Crippen molar-refractivity contribution < 1.29 is 14.7 Å². The van der Waals surface area contributed by atoms with E-state index in [4.69, 9.17) is 5.11 Å². The predicted molar refractivity (Wildman–Crippen MR) is 76.9 cm³/mol. The second-order valence-corrected chi connectivity index (χ2v) is 6.34. The van der Waals surface area contributed by atoms with Crippen LogP contribution < -0.4 is 5.32 Å². The zero-order chi connectivity index (χ0) is 14.8. The molecule has 0 bridgehead atoms. The summed E-state index contributed by atoms with van der Waals surface area (Å²) in [6.45, 7) is 5.20. The molecular weight excluding hydrogens is 278 g/mol. The topological polar surface area (TPSA) is 82.5 Å². The molecule has 0 aliphatic carbocycles. The fraction of sp³-hybridized carbons (Fsp3) is 0.615. The maximum absolute atomic E-state index is 11.9. The number of carbonyl (C=O) groups is 2. The van der Waals surface area contributed by atoms with Crippen LogP contribution in [0.3, 0.4) is 0 Å². The zero-order valence-corrected chi connectivity index (χ0v) is 12.5. The fourth-order valence-electron chi connectivity index (χ4n) is 2.19. The number of nitrogens with zero attached hydrogens (tertiary/aromatic N) is 2. The number of hydrogen-bond acceptors (Lipinski definition) is 5. The molecule has 2 rings (SSSR count). The Bertz CT molecular complexity index is 507. The molecule has 1 aromatic heterocycles. The van der Waals surface area contributed by atoms with Crippen molar-refractivity contribution in [2.45, 2.75) is 26.7 Å². The summed E-state index contributed by atoms with van der Waals surface area (Å²) in [5, 5.41) is 14.4. The minimum Gasteiger partial charge on any atom is -0.481 e. The summed E-state index contributed by atoms with van der Waals surface area (Å²) in [6, 6.07) is 0. The Morgan fingerprint density at radius 1 is 1.50 bits per heavy atom. The van der Waals surface area contributed by atoms with Crippen molar-refractivity contribution in [1.82, 2.24) is 9.88 Å². The highest BCUT2D eigenvalue weighted by Crippen LogP contribution is 2.30. The minimum absolute atomic E-state index is 0.0988. The van der Waals surface area contributed by atoms with Crippen molar-refractivity contribution in [3.05, 3.63) is 11.1 Å². The van der Waals surface area contributed by atoms with Crippen molar-refractivity contribution in [2.75, 3.05) is 25.0 Å². The molecule has 0 atom stereocenters. The van der Waals surface area contributed by atoms with Gasteiger partial charge in [0.15, 0.2) is 5.13 Å². The van der Waals surface area contributed by atoms with E-state index in [-0.39, 0.29) is 12.5 Å². The molecule has 0 spiro atoms. The van der Waals surface area contributed by atoms with E-state index >= 15 is 0 Å². The number of likely N-dealkylation sites (tertiary alicyclic amines) is 1. The van der Waals surface area contributed by atoms with E-state index in [1.54, 1.807) is 6.92 Å². The van der Waals surface area contributed by atoms with Crippen molar-refractivity contribution in [1.29, 1.82) is 0 Å². The number of nitrogens with one attached hydrogen (secondary N) is 1. The monoisotopic (exact) mass is 297 g/mol. The van der Waals surface area contributed by atoms with Gasteiger partial charge in [-0.05, 0) is 39.8 Å². The number of amides is 1. The third-order valence-electron chi connectivity index (χ3n) is 3.71. The molecule has 0 radical (unpaired) electrons. The minimum atomic E-state index is -0.750. The van der Waals surface area contributed by atoms with Gasteiger partial charge in [-0.1, -0.05) is 0 Å². The molecule has 6 nitrogen and oxygen atoms in total. The number of aliphatic carboxylic acids is 1. The van der Waals surface area contributed by atoms with Crippen LogP contribution in [0.25, 0.3) is 0 Å². The lowest BCUT2D eigenvalue weighted by molar-refractivity contribution is -0.150. The van der Waals surface area contributed by atoms with E-state index in [1.807, 2.05) is 17.2 Å². The first-order chi connectivity index (χ1) is 9.39. The van der Waals surface area contributed by atoms with E-state index in [0.29, 0.717) is 31.1 Å². The summed E-state index contributed by atoms with van der Waals surface area (Å²) >= 11 is 1.40. The van der Waals surface area contributed by atoms with Gasteiger partial charge in [0.25, 0.3) is 0 Å². The maximum Gasteiger partial charge on any atom is 0.309 e. The fourth-order valence-corrected chi connectivity index (χ4v) is 2.90. The first-order valence-electron chi connectivity index (χ1n) is 6.57. The van der Waals surface area contributed by atoms with E-state index < -0.39 is 11.4 Å². The Labute approximate surface area is 121 Å². The van der Waals surface area contributed by atoms with Crippen LogP contribution >= 0.6 is 11.3 Å². The average molecular weight is 297 g/mol. The molecule has 1 aliphatic heterocycles. The molecule has 1 aliphatic rings. The molecule has 0 unspecified atom stereocenters. The molecule has 2 N–H and O–H groups in total. The number of carbonyl (C=O) groups excluding carboxylic acids is 1. The van der Waals surface area contributed by atoms with Gasteiger partial charge in [-0.2, -0.15) is 0 Å². The highest BCUT2D eigenvalue weighted by Gasteiger charge is 2.37. The summed E-state index contributed by atoms with van der Waals surface area (Å²) in [5.41, 5.74) is 0.236. The number of thiazole rings is 1. The molecule has 1 aromatic rings. The molecule has 20 heavy (non-hydrogen) atoms. The molecule has 1 amide bonds. The van der Waals surface area contributed by atoms with E-state index in [0.717, 1.165) is 5.69 Å². The molecule has 110 valence electrons. The van der Waals surface area contributed by atoms with Crippen molar-refractivity contribution in [2.24, 2.45) is 5.41 Å². The third kappa shape index (κ3) is 3.55.